The highest BCUT2D eigenvalue weighted by atomic mass is 16.5. The van der Waals surface area contributed by atoms with Crippen LogP contribution in [0.1, 0.15) is 18.1 Å². The summed E-state index contributed by atoms with van der Waals surface area (Å²) in [6, 6.07) is 15.9. The summed E-state index contributed by atoms with van der Waals surface area (Å²) >= 11 is 0. The van der Waals surface area contributed by atoms with Crippen molar-refractivity contribution in [2.45, 2.75) is 25.9 Å². The average Bonchev–Trinajstić information content (AvgIpc) is 2.89. The lowest BCUT2D eigenvalue weighted by Gasteiger charge is -2.23. The molecule has 1 N–H and O–H groups in total. The summed E-state index contributed by atoms with van der Waals surface area (Å²) in [5.74, 6) is 0.817. The number of hydrogen-bond donors (Lipinski definition) is 1. The van der Waals surface area contributed by atoms with Crippen LogP contribution in [-0.2, 0) is 13.0 Å². The Balaban J connectivity index is 1.67. The molecule has 1 aliphatic rings. The van der Waals surface area contributed by atoms with Crippen molar-refractivity contribution in [1.29, 1.82) is 0 Å². The van der Waals surface area contributed by atoms with Gasteiger partial charge in [0.15, 0.2) is 0 Å². The predicted octanol–water partition coefficient (Wildman–Crippen LogP) is 3.36. The first-order valence-electron chi connectivity index (χ1n) is 7.47. The minimum atomic E-state index is -0.0479. The fourth-order valence-electron chi connectivity index (χ4n) is 2.88. The second kappa shape index (κ2) is 6.10. The Morgan fingerprint density at radius 1 is 1.23 bits per heavy atom. The van der Waals surface area contributed by atoms with E-state index in [0.717, 1.165) is 23.4 Å². The van der Waals surface area contributed by atoms with Gasteiger partial charge in [-0.25, -0.2) is 4.79 Å². The summed E-state index contributed by atoms with van der Waals surface area (Å²) in [5, 5.41) is 3.00. The van der Waals surface area contributed by atoms with Crippen LogP contribution in [0.5, 0.6) is 5.75 Å². The summed E-state index contributed by atoms with van der Waals surface area (Å²) < 4.78 is 5.13. The van der Waals surface area contributed by atoms with Gasteiger partial charge in [0, 0.05) is 18.3 Å². The molecule has 0 aromatic heterocycles. The van der Waals surface area contributed by atoms with E-state index in [-0.39, 0.29) is 12.1 Å². The predicted molar refractivity (Wildman–Crippen MR) is 87.3 cm³/mol. The van der Waals surface area contributed by atoms with Crippen LogP contribution in [0.25, 0.3) is 0 Å². The van der Waals surface area contributed by atoms with Crippen LogP contribution in [0.4, 0.5) is 10.5 Å². The molecular weight excluding hydrogens is 276 g/mol. The number of methoxy groups -OCH3 is 1. The SMILES string of the molecule is COc1ccc(CNC(=O)N2c3ccccc3CC2C)cc1. The van der Waals surface area contributed by atoms with E-state index in [1.54, 1.807) is 7.11 Å². The van der Waals surface area contributed by atoms with Crippen LogP contribution >= 0.6 is 0 Å². The molecule has 1 aliphatic heterocycles. The molecule has 2 aromatic carbocycles. The zero-order valence-corrected chi connectivity index (χ0v) is 12.9. The van der Waals surface area contributed by atoms with Crippen molar-refractivity contribution < 1.29 is 9.53 Å². The Labute approximate surface area is 130 Å². The standard InChI is InChI=1S/C18H20N2O2/c1-13-11-15-5-3-4-6-17(15)20(13)18(21)19-12-14-7-9-16(22-2)10-8-14/h3-10,13H,11-12H2,1-2H3,(H,19,21). The Kier molecular flexibility index (Phi) is 4.00. The average molecular weight is 296 g/mol. The molecule has 4 heteroatoms. The molecule has 1 unspecified atom stereocenters. The van der Waals surface area contributed by atoms with Gasteiger partial charge in [0.1, 0.15) is 5.75 Å². The van der Waals surface area contributed by atoms with Crippen LogP contribution in [-0.4, -0.2) is 19.2 Å². The van der Waals surface area contributed by atoms with Crippen LogP contribution in [0.15, 0.2) is 48.5 Å². The third-order valence-electron chi connectivity index (χ3n) is 4.03. The van der Waals surface area contributed by atoms with E-state index in [2.05, 4.69) is 18.3 Å². The molecule has 0 spiro atoms. The van der Waals surface area contributed by atoms with Gasteiger partial charge in [-0.05, 0) is 42.7 Å². The molecule has 0 radical (unpaired) electrons. The summed E-state index contributed by atoms with van der Waals surface area (Å²) in [6.07, 6.45) is 0.909. The Morgan fingerprint density at radius 2 is 1.95 bits per heavy atom. The van der Waals surface area contributed by atoms with E-state index in [1.165, 1.54) is 5.56 Å². The fraction of sp³-hybridized carbons (Fsp3) is 0.278. The molecule has 1 atom stereocenters. The minimum absolute atomic E-state index is 0.0479. The van der Waals surface area contributed by atoms with Crippen molar-refractivity contribution in [3.63, 3.8) is 0 Å². The maximum Gasteiger partial charge on any atom is 0.322 e. The number of rotatable bonds is 3. The Hall–Kier alpha value is -2.49. The maximum atomic E-state index is 12.5. The number of carbonyl (C=O) groups excluding carboxylic acids is 1. The Bertz CT molecular complexity index is 667. The fourth-order valence-corrected chi connectivity index (χ4v) is 2.88. The molecule has 4 nitrogen and oxygen atoms in total. The molecule has 1 heterocycles. The van der Waals surface area contributed by atoms with Gasteiger partial charge in [-0.15, -0.1) is 0 Å². The topological polar surface area (TPSA) is 41.6 Å². The molecular formula is C18H20N2O2. The van der Waals surface area contributed by atoms with Crippen molar-refractivity contribution in [1.82, 2.24) is 5.32 Å². The van der Waals surface area contributed by atoms with E-state index in [4.69, 9.17) is 4.74 Å². The number of benzene rings is 2. The highest BCUT2D eigenvalue weighted by molar-refractivity contribution is 5.94. The number of urea groups is 1. The summed E-state index contributed by atoms with van der Waals surface area (Å²) in [7, 11) is 1.64. The second-order valence-electron chi connectivity index (χ2n) is 5.56. The van der Waals surface area contributed by atoms with Gasteiger partial charge in [0.05, 0.1) is 7.11 Å². The van der Waals surface area contributed by atoms with Crippen LogP contribution < -0.4 is 15.0 Å². The highest BCUT2D eigenvalue weighted by Gasteiger charge is 2.30. The van der Waals surface area contributed by atoms with E-state index in [1.807, 2.05) is 47.4 Å². The monoisotopic (exact) mass is 296 g/mol. The number of hydrogen-bond acceptors (Lipinski definition) is 2. The number of ether oxygens (including phenoxy) is 1. The molecule has 22 heavy (non-hydrogen) atoms. The van der Waals surface area contributed by atoms with Crippen molar-refractivity contribution in [3.8, 4) is 5.75 Å². The smallest absolute Gasteiger partial charge is 0.322 e. The first-order chi connectivity index (χ1) is 10.7. The van der Waals surface area contributed by atoms with E-state index < -0.39 is 0 Å². The third-order valence-corrected chi connectivity index (χ3v) is 4.03. The summed E-state index contributed by atoms with van der Waals surface area (Å²) in [4.78, 5) is 14.4. The maximum absolute atomic E-state index is 12.5. The second-order valence-corrected chi connectivity index (χ2v) is 5.56. The van der Waals surface area contributed by atoms with E-state index in [9.17, 15) is 4.79 Å². The number of nitrogens with one attached hydrogen (secondary N) is 1. The van der Waals surface area contributed by atoms with Crippen LogP contribution in [0, 0.1) is 0 Å². The van der Waals surface area contributed by atoms with E-state index in [0.29, 0.717) is 6.54 Å². The highest BCUT2D eigenvalue weighted by Crippen LogP contribution is 2.31. The lowest BCUT2D eigenvalue weighted by atomic mass is 10.1. The zero-order valence-electron chi connectivity index (χ0n) is 12.9. The molecule has 0 saturated heterocycles. The molecule has 0 fully saturated rings. The Morgan fingerprint density at radius 3 is 2.68 bits per heavy atom. The van der Waals surface area contributed by atoms with Crippen molar-refractivity contribution in [3.05, 3.63) is 59.7 Å². The molecule has 2 amide bonds. The van der Waals surface area contributed by atoms with Gasteiger partial charge in [-0.2, -0.15) is 0 Å². The largest absolute Gasteiger partial charge is 0.497 e. The first kappa shape index (κ1) is 14.4. The number of carbonyl (C=O) groups is 1. The molecule has 0 saturated carbocycles. The number of amides is 2. The minimum Gasteiger partial charge on any atom is -0.497 e. The lowest BCUT2D eigenvalue weighted by molar-refractivity contribution is 0.244. The number of anilines is 1. The van der Waals surface area contributed by atoms with Gasteiger partial charge >= 0.3 is 6.03 Å². The number of para-hydroxylation sites is 1. The number of nitrogens with zero attached hydrogens (tertiary/aromatic N) is 1. The van der Waals surface area contributed by atoms with Crippen LogP contribution in [0.2, 0.25) is 0 Å². The van der Waals surface area contributed by atoms with Gasteiger partial charge in [-0.1, -0.05) is 30.3 Å². The zero-order chi connectivity index (χ0) is 15.5. The summed E-state index contributed by atoms with van der Waals surface area (Å²) in [6.45, 7) is 2.58. The molecule has 0 aliphatic carbocycles. The lowest BCUT2D eigenvalue weighted by Crippen LogP contribution is -2.42. The quantitative estimate of drug-likeness (QED) is 0.943. The molecule has 0 bridgehead atoms. The normalized spacial score (nSPS) is 16.3. The first-order valence-corrected chi connectivity index (χ1v) is 7.47. The van der Waals surface area contributed by atoms with Crippen LogP contribution in [0.3, 0.4) is 0 Å². The molecule has 114 valence electrons. The van der Waals surface area contributed by atoms with Crippen molar-refractivity contribution in [2.75, 3.05) is 12.0 Å². The van der Waals surface area contributed by atoms with Crippen molar-refractivity contribution >= 4 is 11.7 Å². The third kappa shape index (κ3) is 2.77. The van der Waals surface area contributed by atoms with Gasteiger partial charge in [0.2, 0.25) is 0 Å². The molecule has 2 aromatic rings. The van der Waals surface area contributed by atoms with Gasteiger partial charge < -0.3 is 10.1 Å². The van der Waals surface area contributed by atoms with Crippen molar-refractivity contribution in [2.24, 2.45) is 0 Å². The van der Waals surface area contributed by atoms with Gasteiger partial charge in [-0.3, -0.25) is 4.90 Å². The number of fused-ring (bicyclic) bond motifs is 1. The summed E-state index contributed by atoms with van der Waals surface area (Å²) in [5.41, 5.74) is 3.30. The van der Waals surface area contributed by atoms with Gasteiger partial charge in [0.25, 0.3) is 0 Å². The molecule has 3 rings (SSSR count). The van der Waals surface area contributed by atoms with E-state index >= 15 is 0 Å².